The number of carbonyl (C=O) groups is 1. The van der Waals surface area contributed by atoms with Gasteiger partial charge in [-0.1, -0.05) is 29.8 Å². The van der Waals surface area contributed by atoms with Gasteiger partial charge >= 0.3 is 5.97 Å². The second-order valence-corrected chi connectivity index (χ2v) is 7.50. The number of ether oxygens (including phenoxy) is 1. The van der Waals surface area contributed by atoms with Crippen molar-refractivity contribution in [1.29, 1.82) is 0 Å². The number of hydrogen-bond acceptors (Lipinski definition) is 4. The largest absolute Gasteiger partial charge is 0.464 e. The summed E-state index contributed by atoms with van der Waals surface area (Å²) in [4.78, 5) is 12.2. The molecule has 0 saturated heterocycles. The lowest BCUT2D eigenvalue weighted by molar-refractivity contribution is 0.0595. The molecule has 2 aromatic carbocycles. The lowest BCUT2D eigenvalue weighted by Gasteiger charge is -2.11. The third kappa shape index (κ3) is 2.62. The van der Waals surface area contributed by atoms with Crippen molar-refractivity contribution in [2.24, 2.45) is 0 Å². The molecule has 0 atom stereocenters. The first-order chi connectivity index (χ1) is 11.8. The Bertz CT molecular complexity index is 1100. The van der Waals surface area contributed by atoms with Crippen LogP contribution in [-0.4, -0.2) is 33.3 Å². The van der Waals surface area contributed by atoms with Crippen LogP contribution in [-0.2, 0) is 14.8 Å². The Hall–Kier alpha value is -2.32. The van der Waals surface area contributed by atoms with Crippen LogP contribution < -0.4 is 5.46 Å². The molecule has 0 fully saturated rings. The van der Waals surface area contributed by atoms with Crippen molar-refractivity contribution in [3.63, 3.8) is 0 Å². The van der Waals surface area contributed by atoms with Gasteiger partial charge < -0.3 is 4.74 Å². The van der Waals surface area contributed by atoms with E-state index in [0.717, 1.165) is 11.1 Å². The molecule has 1 heterocycles. The second-order valence-electron chi connectivity index (χ2n) is 5.30. The van der Waals surface area contributed by atoms with Crippen molar-refractivity contribution in [2.45, 2.75) is 4.90 Å². The van der Waals surface area contributed by atoms with Crippen molar-refractivity contribution in [2.75, 3.05) is 7.11 Å². The van der Waals surface area contributed by atoms with Crippen LogP contribution in [0.4, 0.5) is 4.39 Å². The molecule has 0 unspecified atom stereocenters. The van der Waals surface area contributed by atoms with Gasteiger partial charge in [0, 0.05) is 5.39 Å². The summed E-state index contributed by atoms with van der Waals surface area (Å²) in [6.45, 7) is 0. The highest BCUT2D eigenvalue weighted by molar-refractivity contribution is 7.90. The molecule has 5 nitrogen and oxygen atoms in total. The Balaban J connectivity index is 2.50. The molecule has 1 aromatic heterocycles. The van der Waals surface area contributed by atoms with Gasteiger partial charge in [0.2, 0.25) is 0 Å². The van der Waals surface area contributed by atoms with E-state index in [0.29, 0.717) is 0 Å². The monoisotopic (exact) mass is 379 g/mol. The van der Waals surface area contributed by atoms with Crippen LogP contribution in [0.15, 0.2) is 47.4 Å². The fraction of sp³-hybridized carbons (Fsp3) is 0.0625. The molecule has 0 aliphatic heterocycles. The molecule has 128 valence electrons. The number of rotatable bonds is 3. The number of nitrogens with zero attached hydrogens (tertiary/aromatic N) is 1. The van der Waals surface area contributed by atoms with Gasteiger partial charge in [-0.3, -0.25) is 0 Å². The van der Waals surface area contributed by atoms with Gasteiger partial charge in [-0.25, -0.2) is 21.6 Å². The smallest absolute Gasteiger partial charge is 0.355 e. The highest BCUT2D eigenvalue weighted by Crippen LogP contribution is 2.29. The Kier molecular flexibility index (Phi) is 4.34. The van der Waals surface area contributed by atoms with Crippen LogP contribution in [0.3, 0.4) is 0 Å². The Morgan fingerprint density at radius 2 is 1.84 bits per heavy atom. The predicted molar refractivity (Wildman–Crippen MR) is 95.4 cm³/mol. The van der Waals surface area contributed by atoms with Crippen molar-refractivity contribution < 1.29 is 22.3 Å². The molecule has 0 saturated carbocycles. The number of halogens is 2. The minimum absolute atomic E-state index is 0.0173. The van der Waals surface area contributed by atoms with Crippen molar-refractivity contribution in [3.05, 3.63) is 59.0 Å². The van der Waals surface area contributed by atoms with Crippen LogP contribution in [0.25, 0.3) is 10.9 Å². The van der Waals surface area contributed by atoms with E-state index in [2.05, 4.69) is 0 Å². The molecule has 0 amide bonds. The quantitative estimate of drug-likeness (QED) is 0.513. The summed E-state index contributed by atoms with van der Waals surface area (Å²) < 4.78 is 46.2. The summed E-state index contributed by atoms with van der Waals surface area (Å²) in [5.41, 5.74) is -0.104. The van der Waals surface area contributed by atoms with Gasteiger partial charge in [0.05, 0.1) is 22.5 Å². The first kappa shape index (κ1) is 17.5. The standard InChI is InChI=1S/C16H12BClFNO4S/c1-24-16(21)15-13(17)12-11(8-7-10(18)14(12)19)20(15)25(22,23)9-5-3-2-4-6-9/h2-8H,17H2,1H3. The van der Waals surface area contributed by atoms with Crippen LogP contribution in [0, 0.1) is 5.82 Å². The summed E-state index contributed by atoms with van der Waals surface area (Å²) in [6, 6.07) is 10.2. The zero-order valence-electron chi connectivity index (χ0n) is 13.3. The molecule has 0 aliphatic carbocycles. The van der Waals surface area contributed by atoms with E-state index in [9.17, 15) is 17.6 Å². The number of hydrogen-bond donors (Lipinski definition) is 0. The predicted octanol–water partition coefficient (Wildman–Crippen LogP) is 1.72. The van der Waals surface area contributed by atoms with Gasteiger partial charge in [-0.2, -0.15) is 0 Å². The Morgan fingerprint density at radius 1 is 1.20 bits per heavy atom. The Morgan fingerprint density at radius 3 is 2.44 bits per heavy atom. The number of fused-ring (bicyclic) bond motifs is 1. The third-order valence-corrected chi connectivity index (χ3v) is 5.90. The van der Waals surface area contributed by atoms with E-state index < -0.39 is 21.8 Å². The van der Waals surface area contributed by atoms with Gasteiger partial charge in [-0.15, -0.1) is 0 Å². The van der Waals surface area contributed by atoms with Gasteiger partial charge in [0.15, 0.2) is 5.82 Å². The topological polar surface area (TPSA) is 65.4 Å². The highest BCUT2D eigenvalue weighted by atomic mass is 35.5. The van der Waals surface area contributed by atoms with E-state index in [1.54, 1.807) is 18.2 Å². The van der Waals surface area contributed by atoms with E-state index in [-0.39, 0.29) is 32.0 Å². The zero-order valence-corrected chi connectivity index (χ0v) is 14.9. The van der Waals surface area contributed by atoms with E-state index in [4.69, 9.17) is 16.3 Å². The molecule has 0 bridgehead atoms. The van der Waals surface area contributed by atoms with Gasteiger partial charge in [-0.05, 0) is 29.7 Å². The molecule has 25 heavy (non-hydrogen) atoms. The summed E-state index contributed by atoms with van der Waals surface area (Å²) in [5.74, 6) is -1.67. The maximum Gasteiger partial charge on any atom is 0.355 e. The van der Waals surface area contributed by atoms with E-state index in [1.807, 2.05) is 0 Å². The maximum absolute atomic E-state index is 14.5. The lowest BCUT2D eigenvalue weighted by Crippen LogP contribution is -2.24. The van der Waals surface area contributed by atoms with Crippen molar-refractivity contribution >= 4 is 51.8 Å². The molecule has 0 N–H and O–H groups in total. The van der Waals surface area contributed by atoms with Crippen LogP contribution in [0.2, 0.25) is 5.02 Å². The van der Waals surface area contributed by atoms with Crippen LogP contribution in [0.5, 0.6) is 0 Å². The first-order valence-corrected chi connectivity index (χ1v) is 9.00. The molecular weight excluding hydrogens is 368 g/mol. The SMILES string of the molecule is Bc1c(C(=O)OC)n(S(=O)(=O)c2ccccc2)c2ccc(Cl)c(F)c12. The normalized spacial score (nSPS) is 11.6. The number of esters is 1. The van der Waals surface area contributed by atoms with Crippen molar-refractivity contribution in [3.8, 4) is 0 Å². The number of aromatic nitrogens is 1. The second kappa shape index (κ2) is 6.20. The molecule has 9 heteroatoms. The van der Waals surface area contributed by atoms with Crippen molar-refractivity contribution in [1.82, 2.24) is 3.97 Å². The number of carbonyl (C=O) groups excluding carboxylic acids is 1. The third-order valence-electron chi connectivity index (χ3n) is 3.89. The zero-order chi connectivity index (χ0) is 18.4. The number of methoxy groups -OCH3 is 1. The Labute approximate surface area is 149 Å². The summed E-state index contributed by atoms with van der Waals surface area (Å²) in [6.07, 6.45) is 0. The van der Waals surface area contributed by atoms with Crippen LogP contribution in [0.1, 0.15) is 10.5 Å². The summed E-state index contributed by atoms with van der Waals surface area (Å²) in [7, 11) is -1.58. The first-order valence-electron chi connectivity index (χ1n) is 7.18. The van der Waals surface area contributed by atoms with Crippen LogP contribution >= 0.6 is 11.6 Å². The summed E-state index contributed by atoms with van der Waals surface area (Å²) in [5, 5.41) is -0.200. The maximum atomic E-state index is 14.5. The fourth-order valence-electron chi connectivity index (χ4n) is 2.74. The molecule has 0 aliphatic rings. The molecular formula is C16H12BClFNO4S. The molecule has 0 radical (unpaired) electrons. The van der Waals surface area contributed by atoms with Gasteiger partial charge in [0.25, 0.3) is 10.0 Å². The molecule has 0 spiro atoms. The fourth-order valence-corrected chi connectivity index (χ4v) is 4.47. The van der Waals surface area contributed by atoms with E-state index >= 15 is 0 Å². The summed E-state index contributed by atoms with van der Waals surface area (Å²) >= 11 is 5.82. The minimum atomic E-state index is -4.15. The average Bonchev–Trinajstić information content (AvgIpc) is 2.92. The van der Waals surface area contributed by atoms with E-state index in [1.165, 1.54) is 32.1 Å². The average molecular weight is 380 g/mol. The lowest BCUT2D eigenvalue weighted by atomic mass is 9.92. The molecule has 3 aromatic rings. The minimum Gasteiger partial charge on any atom is -0.464 e. The highest BCUT2D eigenvalue weighted by Gasteiger charge is 2.31. The molecule has 3 rings (SSSR count). The number of benzene rings is 2. The van der Waals surface area contributed by atoms with Gasteiger partial charge in [0.1, 0.15) is 13.5 Å².